The molecule has 1 aromatic heterocycles. The van der Waals surface area contributed by atoms with Crippen LogP contribution in [0.2, 0.25) is 0 Å². The number of allylic oxidation sites excluding steroid dienone is 4. The van der Waals surface area contributed by atoms with Crippen molar-refractivity contribution in [2.45, 2.75) is 25.8 Å². The molecule has 1 saturated heterocycles. The van der Waals surface area contributed by atoms with Gasteiger partial charge in [0.25, 0.3) is 0 Å². The molecule has 0 aliphatic carbocycles. The molecule has 0 amide bonds. The first-order chi connectivity index (χ1) is 11.2. The van der Waals surface area contributed by atoms with E-state index in [1.165, 1.54) is 17.1 Å². The maximum atomic E-state index is 5.46. The Bertz CT molecular complexity index is 761. The first-order valence-electron chi connectivity index (χ1n) is 8.13. The Kier molecular flexibility index (Phi) is 4.63. The number of hydrogen-bond acceptors (Lipinski definition) is 3. The first kappa shape index (κ1) is 15.6. The summed E-state index contributed by atoms with van der Waals surface area (Å²) in [5, 5.41) is 9.22. The van der Waals surface area contributed by atoms with Crippen LogP contribution in [0, 0.1) is 0 Å². The molecule has 4 nitrogen and oxygen atoms in total. The molecule has 0 unspecified atom stereocenters. The van der Waals surface area contributed by atoms with Crippen LogP contribution in [0.15, 0.2) is 54.9 Å². The monoisotopic (exact) mass is 308 g/mol. The molecule has 0 spiro atoms. The van der Waals surface area contributed by atoms with E-state index in [0.29, 0.717) is 6.04 Å². The van der Waals surface area contributed by atoms with Crippen LogP contribution in [0.25, 0.3) is 16.5 Å². The maximum Gasteiger partial charge on any atom is 0.0686 e. The van der Waals surface area contributed by atoms with E-state index in [9.17, 15) is 0 Å². The van der Waals surface area contributed by atoms with Gasteiger partial charge in [0.1, 0.15) is 0 Å². The summed E-state index contributed by atoms with van der Waals surface area (Å²) < 4.78 is 2.18. The molecular formula is C19H24N4. The van der Waals surface area contributed by atoms with Crippen molar-refractivity contribution in [3.63, 3.8) is 0 Å². The normalized spacial score (nSPS) is 17.2. The topological polar surface area (TPSA) is 55.9 Å². The molecule has 1 fully saturated rings. The van der Waals surface area contributed by atoms with E-state index >= 15 is 0 Å². The highest BCUT2D eigenvalue weighted by Gasteiger charge is 2.17. The predicted molar refractivity (Wildman–Crippen MR) is 97.0 cm³/mol. The predicted octanol–water partition coefficient (Wildman–Crippen LogP) is 3.39. The zero-order valence-electron chi connectivity index (χ0n) is 13.6. The van der Waals surface area contributed by atoms with E-state index in [4.69, 9.17) is 5.73 Å². The van der Waals surface area contributed by atoms with Crippen LogP contribution in [0.1, 0.15) is 31.4 Å². The molecule has 0 radical (unpaired) electrons. The summed E-state index contributed by atoms with van der Waals surface area (Å²) in [5.41, 5.74) is 9.93. The summed E-state index contributed by atoms with van der Waals surface area (Å²) in [6.45, 7) is 8.22. The van der Waals surface area contributed by atoms with Crippen molar-refractivity contribution < 1.29 is 0 Å². The van der Waals surface area contributed by atoms with Crippen molar-refractivity contribution in [3.8, 4) is 0 Å². The average Bonchev–Trinajstić information content (AvgIpc) is 2.99. The van der Waals surface area contributed by atoms with Crippen molar-refractivity contribution in [3.05, 3.63) is 60.5 Å². The molecule has 23 heavy (non-hydrogen) atoms. The highest BCUT2D eigenvalue weighted by Crippen LogP contribution is 2.28. The van der Waals surface area contributed by atoms with Gasteiger partial charge in [0.2, 0.25) is 0 Å². The number of aromatic nitrogens is 2. The Morgan fingerprint density at radius 2 is 2.17 bits per heavy atom. The van der Waals surface area contributed by atoms with Gasteiger partial charge in [-0.2, -0.15) is 5.10 Å². The molecular weight excluding hydrogens is 284 g/mol. The number of piperidine rings is 1. The zero-order chi connectivity index (χ0) is 16.2. The molecule has 3 N–H and O–H groups in total. The van der Waals surface area contributed by atoms with Gasteiger partial charge >= 0.3 is 0 Å². The number of nitrogens with one attached hydrogen (secondary N) is 1. The maximum absolute atomic E-state index is 5.46. The SMILES string of the molecule is C=C(C)/C(=C\C=C/N)c1ccc2c(cnn2C2CCNCC2)c1. The summed E-state index contributed by atoms with van der Waals surface area (Å²) in [6, 6.07) is 7.00. The van der Waals surface area contributed by atoms with Gasteiger partial charge in [0, 0.05) is 5.39 Å². The van der Waals surface area contributed by atoms with Gasteiger partial charge < -0.3 is 11.1 Å². The molecule has 0 bridgehead atoms. The third kappa shape index (κ3) is 3.22. The summed E-state index contributed by atoms with van der Waals surface area (Å²) in [5.74, 6) is 0. The Morgan fingerprint density at radius 1 is 1.39 bits per heavy atom. The zero-order valence-corrected chi connectivity index (χ0v) is 13.6. The molecule has 1 aliphatic rings. The smallest absolute Gasteiger partial charge is 0.0686 e. The van der Waals surface area contributed by atoms with E-state index < -0.39 is 0 Å². The van der Waals surface area contributed by atoms with Crippen molar-refractivity contribution in [2.24, 2.45) is 5.73 Å². The van der Waals surface area contributed by atoms with Crippen molar-refractivity contribution in [1.29, 1.82) is 0 Å². The van der Waals surface area contributed by atoms with Crippen molar-refractivity contribution in [2.75, 3.05) is 13.1 Å². The molecule has 1 aromatic carbocycles. The number of hydrogen-bond donors (Lipinski definition) is 2. The second-order valence-electron chi connectivity index (χ2n) is 6.09. The van der Waals surface area contributed by atoms with E-state index in [-0.39, 0.29) is 0 Å². The van der Waals surface area contributed by atoms with Gasteiger partial charge in [-0.1, -0.05) is 24.3 Å². The Hall–Kier alpha value is -2.33. The molecule has 0 atom stereocenters. The minimum atomic E-state index is 0.496. The summed E-state index contributed by atoms with van der Waals surface area (Å²) in [6.07, 6.45) is 9.62. The van der Waals surface area contributed by atoms with Crippen LogP contribution in [0.5, 0.6) is 0 Å². The summed E-state index contributed by atoms with van der Waals surface area (Å²) in [4.78, 5) is 0. The number of rotatable bonds is 4. The van der Waals surface area contributed by atoms with Crippen molar-refractivity contribution in [1.82, 2.24) is 15.1 Å². The molecule has 2 heterocycles. The Labute approximate surface area is 137 Å². The number of nitrogens with zero attached hydrogens (tertiary/aromatic N) is 2. The van der Waals surface area contributed by atoms with Gasteiger partial charge in [0.15, 0.2) is 0 Å². The van der Waals surface area contributed by atoms with Crippen molar-refractivity contribution >= 4 is 16.5 Å². The van der Waals surface area contributed by atoms with E-state index in [2.05, 4.69) is 39.9 Å². The van der Waals surface area contributed by atoms with Crippen LogP contribution in [-0.4, -0.2) is 22.9 Å². The Morgan fingerprint density at radius 3 is 2.87 bits per heavy atom. The van der Waals surface area contributed by atoms with Crippen LogP contribution < -0.4 is 11.1 Å². The van der Waals surface area contributed by atoms with E-state index in [1.54, 1.807) is 0 Å². The highest BCUT2D eigenvalue weighted by molar-refractivity contribution is 5.87. The third-order valence-corrected chi connectivity index (χ3v) is 4.39. The first-order valence-corrected chi connectivity index (χ1v) is 8.13. The lowest BCUT2D eigenvalue weighted by Gasteiger charge is -2.23. The average molecular weight is 308 g/mol. The minimum absolute atomic E-state index is 0.496. The lowest BCUT2D eigenvalue weighted by molar-refractivity contribution is 0.351. The third-order valence-electron chi connectivity index (χ3n) is 4.39. The van der Waals surface area contributed by atoms with Gasteiger partial charge in [0.05, 0.1) is 17.8 Å². The van der Waals surface area contributed by atoms with Crippen LogP contribution >= 0.6 is 0 Å². The van der Waals surface area contributed by atoms with Gasteiger partial charge in [-0.05, 0) is 68.4 Å². The fourth-order valence-corrected chi connectivity index (χ4v) is 3.20. The second-order valence-corrected chi connectivity index (χ2v) is 6.09. The number of nitrogens with two attached hydrogens (primary N) is 1. The molecule has 2 aromatic rings. The van der Waals surface area contributed by atoms with Gasteiger partial charge in [-0.15, -0.1) is 0 Å². The van der Waals surface area contributed by atoms with E-state index in [1.807, 2.05) is 25.3 Å². The molecule has 1 aliphatic heterocycles. The quantitative estimate of drug-likeness (QED) is 0.851. The largest absolute Gasteiger partial charge is 0.405 e. The van der Waals surface area contributed by atoms with Gasteiger partial charge in [-0.3, -0.25) is 4.68 Å². The molecule has 0 saturated carbocycles. The standard InChI is InChI=1S/C19H24N4/c1-14(2)18(4-3-9-20)15-5-6-19-16(12-15)13-22-23(19)17-7-10-21-11-8-17/h3-6,9,12-13,17,21H,1,7-8,10-11,20H2,2H3/b9-3-,18-4+. The summed E-state index contributed by atoms with van der Waals surface area (Å²) in [7, 11) is 0. The lowest BCUT2D eigenvalue weighted by Crippen LogP contribution is -2.29. The summed E-state index contributed by atoms with van der Waals surface area (Å²) >= 11 is 0. The number of fused-ring (bicyclic) bond motifs is 1. The highest BCUT2D eigenvalue weighted by atomic mass is 15.3. The molecule has 120 valence electrons. The second kappa shape index (κ2) is 6.84. The van der Waals surface area contributed by atoms with Crippen LogP contribution in [0.4, 0.5) is 0 Å². The molecule has 4 heteroatoms. The fourth-order valence-electron chi connectivity index (χ4n) is 3.20. The van der Waals surface area contributed by atoms with Crippen LogP contribution in [0.3, 0.4) is 0 Å². The Balaban J connectivity index is 1.98. The molecule has 3 rings (SSSR count). The van der Waals surface area contributed by atoms with Crippen LogP contribution in [-0.2, 0) is 0 Å². The fraction of sp³-hybridized carbons (Fsp3) is 0.316. The van der Waals surface area contributed by atoms with E-state index in [0.717, 1.165) is 42.6 Å². The minimum Gasteiger partial charge on any atom is -0.405 e. The lowest BCUT2D eigenvalue weighted by atomic mass is 9.98. The number of benzene rings is 1. The van der Waals surface area contributed by atoms with Gasteiger partial charge in [-0.25, -0.2) is 0 Å².